The highest BCUT2D eigenvalue weighted by Crippen LogP contribution is 2.26. The average molecular weight is 505 g/mol. The van der Waals surface area contributed by atoms with E-state index in [-0.39, 0.29) is 11.4 Å². The van der Waals surface area contributed by atoms with Gasteiger partial charge in [-0.1, -0.05) is 25.8 Å². The summed E-state index contributed by atoms with van der Waals surface area (Å²) >= 11 is 12.1. The molecule has 2 N–H and O–H groups in total. The van der Waals surface area contributed by atoms with Crippen molar-refractivity contribution in [1.29, 1.82) is 0 Å². The Kier molecular flexibility index (Phi) is 8.43. The van der Waals surface area contributed by atoms with Crippen molar-refractivity contribution in [2.75, 3.05) is 25.0 Å². The van der Waals surface area contributed by atoms with Gasteiger partial charge in [0.15, 0.2) is 0 Å². The smallest absolute Gasteiger partial charge is 0.257 e. The SMILES string of the molecule is CC[C@@H](C(=O)Nc1ccc(C)c(S(=O)(=O)N2CCCCCC2)c1)N1NCC(Cl)C(Cl)C1=O. The Bertz CT molecular complexity index is 951. The summed E-state index contributed by atoms with van der Waals surface area (Å²) in [7, 11) is -3.67. The van der Waals surface area contributed by atoms with Crippen LogP contribution in [0.5, 0.6) is 0 Å². The lowest BCUT2D eigenvalue weighted by Gasteiger charge is -2.37. The summed E-state index contributed by atoms with van der Waals surface area (Å²) in [4.78, 5) is 25.7. The third kappa shape index (κ3) is 5.39. The van der Waals surface area contributed by atoms with E-state index >= 15 is 0 Å². The van der Waals surface area contributed by atoms with Gasteiger partial charge in [0.05, 0.1) is 10.3 Å². The number of sulfonamides is 1. The number of hydrazine groups is 1. The zero-order valence-electron chi connectivity index (χ0n) is 18.3. The summed E-state index contributed by atoms with van der Waals surface area (Å²) in [5, 5.41) is 2.49. The summed E-state index contributed by atoms with van der Waals surface area (Å²) in [6.07, 6.45) is 4.07. The first-order chi connectivity index (χ1) is 15.2. The van der Waals surface area contributed by atoms with Crippen molar-refractivity contribution >= 4 is 50.7 Å². The third-order valence-corrected chi connectivity index (χ3v) is 8.95. The molecule has 2 aliphatic heterocycles. The number of alkyl halides is 2. The van der Waals surface area contributed by atoms with Crippen LogP contribution in [0.15, 0.2) is 23.1 Å². The lowest BCUT2D eigenvalue weighted by Crippen LogP contribution is -2.62. The molecule has 8 nitrogen and oxygen atoms in total. The lowest BCUT2D eigenvalue weighted by molar-refractivity contribution is -0.144. The van der Waals surface area contributed by atoms with Crippen molar-refractivity contribution in [3.8, 4) is 0 Å². The molecule has 0 radical (unpaired) electrons. The van der Waals surface area contributed by atoms with E-state index in [2.05, 4.69) is 10.7 Å². The number of benzene rings is 1. The van der Waals surface area contributed by atoms with Crippen LogP contribution in [-0.4, -0.2) is 66.0 Å². The predicted molar refractivity (Wildman–Crippen MR) is 125 cm³/mol. The van der Waals surface area contributed by atoms with Gasteiger partial charge in [0, 0.05) is 25.3 Å². The molecule has 2 fully saturated rings. The Morgan fingerprint density at radius 1 is 1.22 bits per heavy atom. The molecule has 0 aliphatic carbocycles. The van der Waals surface area contributed by atoms with Gasteiger partial charge in [0.25, 0.3) is 5.91 Å². The first kappa shape index (κ1) is 25.2. The maximum atomic E-state index is 13.3. The molecule has 178 valence electrons. The zero-order chi connectivity index (χ0) is 23.5. The Morgan fingerprint density at radius 2 is 1.88 bits per heavy atom. The quantitative estimate of drug-likeness (QED) is 0.580. The molecule has 1 aromatic carbocycles. The van der Waals surface area contributed by atoms with Crippen molar-refractivity contribution in [2.45, 2.75) is 67.6 Å². The van der Waals surface area contributed by atoms with Crippen LogP contribution in [0.25, 0.3) is 0 Å². The van der Waals surface area contributed by atoms with Crippen LogP contribution in [0.4, 0.5) is 5.69 Å². The van der Waals surface area contributed by atoms with Gasteiger partial charge in [0.2, 0.25) is 15.9 Å². The van der Waals surface area contributed by atoms with Gasteiger partial charge in [-0.05, 0) is 43.9 Å². The van der Waals surface area contributed by atoms with Gasteiger partial charge in [-0.2, -0.15) is 4.31 Å². The number of carbonyl (C=O) groups excluding carboxylic acids is 2. The fraction of sp³-hybridized carbons (Fsp3) is 0.619. The van der Waals surface area contributed by atoms with Crippen LogP contribution in [0.3, 0.4) is 0 Å². The third-order valence-electron chi connectivity index (χ3n) is 5.89. The van der Waals surface area contributed by atoms with Crippen LogP contribution >= 0.6 is 23.2 Å². The van der Waals surface area contributed by atoms with Gasteiger partial charge < -0.3 is 5.32 Å². The van der Waals surface area contributed by atoms with E-state index in [0.717, 1.165) is 25.7 Å². The van der Waals surface area contributed by atoms with Crippen LogP contribution in [0, 0.1) is 6.92 Å². The molecule has 2 amide bonds. The van der Waals surface area contributed by atoms with Crippen molar-refractivity contribution in [3.05, 3.63) is 23.8 Å². The minimum atomic E-state index is -3.67. The molecule has 0 saturated carbocycles. The second-order valence-corrected chi connectivity index (χ2v) is 11.1. The molecule has 32 heavy (non-hydrogen) atoms. The second-order valence-electron chi connectivity index (χ2n) is 8.20. The topological polar surface area (TPSA) is 98.8 Å². The molecule has 2 saturated heterocycles. The number of hydrogen-bond acceptors (Lipinski definition) is 5. The van der Waals surface area contributed by atoms with E-state index < -0.39 is 38.6 Å². The molecule has 0 aromatic heterocycles. The molecule has 0 bridgehead atoms. The Labute approximate surface area is 199 Å². The normalized spacial score (nSPS) is 24.1. The Morgan fingerprint density at radius 3 is 2.50 bits per heavy atom. The number of rotatable bonds is 6. The van der Waals surface area contributed by atoms with Crippen molar-refractivity contribution in [2.24, 2.45) is 0 Å². The van der Waals surface area contributed by atoms with Crippen LogP contribution in [0.2, 0.25) is 0 Å². The molecule has 1 aromatic rings. The average Bonchev–Trinajstić information content (AvgIpc) is 3.05. The van der Waals surface area contributed by atoms with E-state index in [9.17, 15) is 18.0 Å². The monoisotopic (exact) mass is 504 g/mol. The minimum Gasteiger partial charge on any atom is -0.324 e. The Balaban J connectivity index is 1.80. The zero-order valence-corrected chi connectivity index (χ0v) is 20.6. The van der Waals surface area contributed by atoms with Gasteiger partial charge in [-0.3, -0.25) is 14.6 Å². The van der Waals surface area contributed by atoms with Gasteiger partial charge in [-0.15, -0.1) is 23.2 Å². The molecular weight excluding hydrogens is 475 g/mol. The number of halogens is 2. The molecule has 0 spiro atoms. The van der Waals surface area contributed by atoms with Crippen molar-refractivity contribution < 1.29 is 18.0 Å². The van der Waals surface area contributed by atoms with E-state index in [1.807, 2.05) is 0 Å². The standard InChI is InChI=1S/C21H30Cl2N4O4S/c1-3-17(27-21(29)19(23)16(22)13-24-27)20(28)25-15-9-8-14(2)18(12-15)32(30,31)26-10-6-4-5-7-11-26/h8-9,12,16-17,19,24H,3-7,10-11,13H2,1-2H3,(H,25,28)/t16?,17-,19?/m0/s1. The number of hydrogen-bond donors (Lipinski definition) is 2. The van der Waals surface area contributed by atoms with Gasteiger partial charge >= 0.3 is 0 Å². The first-order valence-electron chi connectivity index (χ1n) is 10.9. The molecular formula is C21H30Cl2N4O4S. The molecule has 2 aliphatic rings. The summed E-state index contributed by atoms with van der Waals surface area (Å²) in [6, 6.07) is 4.01. The number of nitrogens with one attached hydrogen (secondary N) is 2. The Hall–Kier alpha value is -1.39. The highest BCUT2D eigenvalue weighted by Gasteiger charge is 2.39. The number of anilines is 1. The van der Waals surface area contributed by atoms with Crippen LogP contribution < -0.4 is 10.7 Å². The predicted octanol–water partition coefficient (Wildman–Crippen LogP) is 2.84. The number of nitrogens with zero attached hydrogens (tertiary/aromatic N) is 2. The highest BCUT2D eigenvalue weighted by atomic mass is 35.5. The second kappa shape index (κ2) is 10.7. The summed E-state index contributed by atoms with van der Waals surface area (Å²) < 4.78 is 28.1. The van der Waals surface area contributed by atoms with Crippen LogP contribution in [-0.2, 0) is 19.6 Å². The summed E-state index contributed by atoms with van der Waals surface area (Å²) in [5.74, 6) is -0.902. The lowest BCUT2D eigenvalue weighted by atomic mass is 10.1. The summed E-state index contributed by atoms with van der Waals surface area (Å²) in [6.45, 7) is 4.78. The number of amides is 2. The van der Waals surface area contributed by atoms with E-state index in [4.69, 9.17) is 23.2 Å². The van der Waals surface area contributed by atoms with E-state index in [1.165, 1.54) is 15.4 Å². The molecule has 11 heteroatoms. The molecule has 2 unspecified atom stereocenters. The van der Waals surface area contributed by atoms with E-state index in [1.54, 1.807) is 26.0 Å². The van der Waals surface area contributed by atoms with Gasteiger partial charge in [0.1, 0.15) is 11.4 Å². The van der Waals surface area contributed by atoms with Crippen molar-refractivity contribution in [3.63, 3.8) is 0 Å². The maximum absolute atomic E-state index is 13.3. The van der Waals surface area contributed by atoms with Crippen LogP contribution in [0.1, 0.15) is 44.6 Å². The fourth-order valence-corrected chi connectivity index (χ4v) is 6.14. The number of carbonyl (C=O) groups is 2. The highest BCUT2D eigenvalue weighted by molar-refractivity contribution is 7.89. The fourth-order valence-electron chi connectivity index (χ4n) is 4.01. The molecule has 3 atom stereocenters. The maximum Gasteiger partial charge on any atom is 0.257 e. The number of aryl methyl sites for hydroxylation is 1. The van der Waals surface area contributed by atoms with E-state index in [0.29, 0.717) is 30.8 Å². The summed E-state index contributed by atoms with van der Waals surface area (Å²) in [5.41, 5.74) is 3.84. The minimum absolute atomic E-state index is 0.184. The van der Waals surface area contributed by atoms with Gasteiger partial charge in [-0.25, -0.2) is 13.8 Å². The molecule has 2 heterocycles. The van der Waals surface area contributed by atoms with Crippen molar-refractivity contribution in [1.82, 2.24) is 14.7 Å². The first-order valence-corrected chi connectivity index (χ1v) is 13.2. The largest absolute Gasteiger partial charge is 0.324 e. The molecule has 3 rings (SSSR count).